The summed E-state index contributed by atoms with van der Waals surface area (Å²) in [6, 6.07) is 2.88. The maximum atomic E-state index is 12.1. The van der Waals surface area contributed by atoms with E-state index < -0.39 is 0 Å². The smallest absolute Gasteiger partial charge is 0.318 e. The largest absolute Gasteiger partial charge is 0.359 e. The Morgan fingerprint density at radius 3 is 2.95 bits per heavy atom. The molecule has 0 spiro atoms. The molecule has 2 atom stereocenters. The average Bonchev–Trinajstić information content (AvgIpc) is 2.96. The highest BCUT2D eigenvalue weighted by atomic mass is 32.1. The van der Waals surface area contributed by atoms with Crippen LogP contribution in [0.3, 0.4) is 0 Å². The van der Waals surface area contributed by atoms with E-state index in [4.69, 9.17) is 0 Å². The van der Waals surface area contributed by atoms with Crippen molar-refractivity contribution in [3.63, 3.8) is 0 Å². The Morgan fingerprint density at radius 2 is 2.29 bits per heavy atom. The van der Waals surface area contributed by atoms with Crippen LogP contribution >= 0.6 is 11.5 Å². The second-order valence-electron chi connectivity index (χ2n) is 5.92. The maximum absolute atomic E-state index is 12.1. The highest BCUT2D eigenvalue weighted by molar-refractivity contribution is 7.10. The lowest BCUT2D eigenvalue weighted by molar-refractivity contribution is 0.175. The summed E-state index contributed by atoms with van der Waals surface area (Å²) in [5.41, 5.74) is 1.46. The van der Waals surface area contributed by atoms with Gasteiger partial charge in [-0.25, -0.2) is 4.79 Å². The molecular weight excluding hydrogens is 286 g/mol. The van der Waals surface area contributed by atoms with Crippen molar-refractivity contribution in [2.24, 2.45) is 0 Å². The molecule has 0 saturated carbocycles. The summed E-state index contributed by atoms with van der Waals surface area (Å²) in [6.07, 6.45) is 0.920. The lowest BCUT2D eigenvalue weighted by Crippen LogP contribution is -2.52. The van der Waals surface area contributed by atoms with Gasteiger partial charge >= 0.3 is 6.03 Å². The summed E-state index contributed by atoms with van der Waals surface area (Å²) in [5.74, 6) is 0. The molecular formula is C14H19N5OS. The number of nitrogens with one attached hydrogen (secondary N) is 1. The molecule has 0 aliphatic carbocycles. The van der Waals surface area contributed by atoms with E-state index in [1.165, 1.54) is 11.5 Å². The van der Waals surface area contributed by atoms with Crippen LogP contribution in [0.4, 0.5) is 9.80 Å². The Balaban J connectivity index is 1.80. The first-order valence-electron chi connectivity index (χ1n) is 7.23. The number of aromatic nitrogens is 1. The highest BCUT2D eigenvalue weighted by Gasteiger charge is 2.44. The van der Waals surface area contributed by atoms with Gasteiger partial charge in [-0.3, -0.25) is 0 Å². The van der Waals surface area contributed by atoms with Gasteiger partial charge in [0.05, 0.1) is 17.8 Å². The van der Waals surface area contributed by atoms with Gasteiger partial charge in [-0.15, -0.1) is 0 Å². The van der Waals surface area contributed by atoms with Crippen LogP contribution in [-0.4, -0.2) is 46.5 Å². The molecule has 7 heteroatoms. The maximum Gasteiger partial charge on any atom is 0.318 e. The van der Waals surface area contributed by atoms with E-state index in [-0.39, 0.29) is 24.2 Å². The predicted octanol–water partition coefficient (Wildman–Crippen LogP) is 1.70. The molecule has 0 bridgehead atoms. The number of rotatable bonds is 2. The molecule has 3 heterocycles. The van der Waals surface area contributed by atoms with E-state index >= 15 is 0 Å². The molecule has 0 aromatic carbocycles. The Kier molecular flexibility index (Phi) is 3.49. The van der Waals surface area contributed by atoms with Gasteiger partial charge in [0.1, 0.15) is 16.6 Å². The van der Waals surface area contributed by atoms with E-state index in [2.05, 4.69) is 34.5 Å². The number of nitrogens with zero attached hydrogens (tertiary/aromatic N) is 4. The number of carbonyl (C=O) groups is 1. The van der Waals surface area contributed by atoms with Crippen LogP contribution in [0, 0.1) is 18.3 Å². The molecule has 112 valence electrons. The minimum atomic E-state index is 0.0304. The van der Waals surface area contributed by atoms with Crippen LogP contribution in [0.1, 0.15) is 31.5 Å². The van der Waals surface area contributed by atoms with Crippen molar-refractivity contribution < 1.29 is 4.79 Å². The fraction of sp³-hybridized carbons (Fsp3) is 0.643. The van der Waals surface area contributed by atoms with Gasteiger partial charge in [-0.05, 0) is 38.7 Å². The van der Waals surface area contributed by atoms with Gasteiger partial charge < -0.3 is 15.1 Å². The molecule has 1 aromatic rings. The topological polar surface area (TPSA) is 72.3 Å². The molecule has 1 N–H and O–H groups in total. The van der Waals surface area contributed by atoms with Gasteiger partial charge in [0.25, 0.3) is 0 Å². The molecule has 1 aromatic heterocycles. The number of anilines is 1. The number of hydrogen-bond acceptors (Lipinski definition) is 5. The summed E-state index contributed by atoms with van der Waals surface area (Å²) in [5, 5.41) is 13.3. The lowest BCUT2D eigenvalue weighted by Gasteiger charge is -2.38. The summed E-state index contributed by atoms with van der Waals surface area (Å²) in [6.45, 7) is 7.57. The number of piperidine rings is 1. The quantitative estimate of drug-likeness (QED) is 0.902. The van der Waals surface area contributed by atoms with Crippen LogP contribution in [0.15, 0.2) is 0 Å². The summed E-state index contributed by atoms with van der Waals surface area (Å²) in [4.78, 5) is 16.2. The van der Waals surface area contributed by atoms with E-state index in [1.54, 1.807) is 0 Å². The first kappa shape index (κ1) is 14.1. The van der Waals surface area contributed by atoms with Gasteiger partial charge in [-0.1, -0.05) is 0 Å². The molecule has 0 radical (unpaired) electrons. The Bertz CT molecular complexity index is 605. The Hall–Kier alpha value is -1.81. The number of fused-ring (bicyclic) bond motifs is 1. The zero-order chi connectivity index (χ0) is 15.1. The third-order valence-electron chi connectivity index (χ3n) is 4.28. The van der Waals surface area contributed by atoms with E-state index in [0.29, 0.717) is 5.56 Å². The number of urea groups is 1. The normalized spacial score (nSPS) is 25.0. The van der Waals surface area contributed by atoms with Gasteiger partial charge in [0.2, 0.25) is 0 Å². The number of aryl methyl sites for hydroxylation is 1. The van der Waals surface area contributed by atoms with Crippen LogP contribution in [0.2, 0.25) is 0 Å². The van der Waals surface area contributed by atoms with Crippen molar-refractivity contribution in [3.8, 4) is 6.07 Å². The SMILES string of the molecule is Cc1nsc(N2CC[C@H]3[C@@H](C2)NC(=O)N3C(C)C)c1C#N. The molecule has 0 unspecified atom stereocenters. The zero-order valence-electron chi connectivity index (χ0n) is 12.5. The fourth-order valence-electron chi connectivity index (χ4n) is 3.30. The first-order valence-corrected chi connectivity index (χ1v) is 8.00. The van der Waals surface area contributed by atoms with Crippen molar-refractivity contribution in [2.75, 3.05) is 18.0 Å². The first-order chi connectivity index (χ1) is 10.0. The second-order valence-corrected chi connectivity index (χ2v) is 6.67. The fourth-order valence-corrected chi connectivity index (χ4v) is 4.18. The molecule has 21 heavy (non-hydrogen) atoms. The van der Waals surface area contributed by atoms with Gasteiger partial charge in [0, 0.05) is 19.1 Å². The zero-order valence-corrected chi connectivity index (χ0v) is 13.3. The number of hydrogen-bond donors (Lipinski definition) is 1. The summed E-state index contributed by atoms with van der Waals surface area (Å²) in [7, 11) is 0. The van der Waals surface area contributed by atoms with Crippen LogP contribution in [-0.2, 0) is 0 Å². The third kappa shape index (κ3) is 2.23. The molecule has 2 amide bonds. The molecule has 2 fully saturated rings. The van der Waals surface area contributed by atoms with Crippen LogP contribution in [0.5, 0.6) is 0 Å². The van der Waals surface area contributed by atoms with Crippen molar-refractivity contribution in [1.82, 2.24) is 14.6 Å². The van der Waals surface area contributed by atoms with Crippen LogP contribution in [0.25, 0.3) is 0 Å². The molecule has 3 rings (SSSR count). The van der Waals surface area contributed by atoms with Gasteiger partial charge in [-0.2, -0.15) is 9.64 Å². The van der Waals surface area contributed by atoms with Crippen molar-refractivity contribution in [3.05, 3.63) is 11.3 Å². The molecule has 2 aliphatic heterocycles. The standard InChI is InChI=1S/C14H19N5OS/c1-8(2)19-12-4-5-18(7-11(12)16-14(19)20)13-10(6-15)9(3)17-21-13/h8,11-12H,4-5,7H2,1-3H3,(H,16,20)/t11-,12+/m1/s1. The molecule has 6 nitrogen and oxygen atoms in total. The van der Waals surface area contributed by atoms with Crippen LogP contribution < -0.4 is 10.2 Å². The number of amides is 2. The monoisotopic (exact) mass is 305 g/mol. The minimum Gasteiger partial charge on any atom is -0.359 e. The summed E-state index contributed by atoms with van der Waals surface area (Å²) < 4.78 is 4.29. The Labute approximate surface area is 128 Å². The average molecular weight is 305 g/mol. The molecule has 2 aliphatic rings. The van der Waals surface area contributed by atoms with Crippen molar-refractivity contribution in [2.45, 2.75) is 45.3 Å². The molecule has 2 saturated heterocycles. The van der Waals surface area contributed by atoms with E-state index in [9.17, 15) is 10.1 Å². The van der Waals surface area contributed by atoms with E-state index in [1.807, 2.05) is 11.8 Å². The number of nitriles is 1. The Morgan fingerprint density at radius 1 is 1.52 bits per heavy atom. The van der Waals surface area contributed by atoms with Gasteiger partial charge in [0.15, 0.2) is 0 Å². The van der Waals surface area contributed by atoms with Crippen molar-refractivity contribution >= 4 is 22.6 Å². The number of carbonyl (C=O) groups excluding carboxylic acids is 1. The second kappa shape index (κ2) is 5.19. The summed E-state index contributed by atoms with van der Waals surface area (Å²) >= 11 is 1.38. The predicted molar refractivity (Wildman–Crippen MR) is 81.5 cm³/mol. The third-order valence-corrected chi connectivity index (χ3v) is 5.28. The van der Waals surface area contributed by atoms with Crippen molar-refractivity contribution in [1.29, 1.82) is 5.26 Å². The minimum absolute atomic E-state index is 0.0304. The lowest BCUT2D eigenvalue weighted by atomic mass is 9.99. The van der Waals surface area contributed by atoms with E-state index in [0.717, 1.165) is 30.2 Å². The highest BCUT2D eigenvalue weighted by Crippen LogP contribution is 2.33.